The predicted octanol–water partition coefficient (Wildman–Crippen LogP) is 2.01. The molecule has 0 unspecified atom stereocenters. The molecule has 1 rings (SSSR count). The Morgan fingerprint density at radius 2 is 2.13 bits per heavy atom. The SMILES string of the molecule is Cc1c(Cl)ncnc1NCCCCCO. The standard InChI is InChI=1S/C10H16ClN3O/c1-8-9(11)13-7-14-10(8)12-5-3-2-4-6-15/h7,15H,2-6H2,1H3,(H,12,13,14). The van der Waals surface area contributed by atoms with E-state index in [1.807, 2.05) is 6.92 Å². The molecule has 0 fully saturated rings. The van der Waals surface area contributed by atoms with Gasteiger partial charge in [-0.2, -0.15) is 0 Å². The summed E-state index contributed by atoms with van der Waals surface area (Å²) in [4.78, 5) is 7.98. The highest BCUT2D eigenvalue weighted by Gasteiger charge is 2.03. The fourth-order valence-electron chi connectivity index (χ4n) is 1.23. The number of anilines is 1. The summed E-state index contributed by atoms with van der Waals surface area (Å²) in [7, 11) is 0. The van der Waals surface area contributed by atoms with Gasteiger partial charge in [-0.05, 0) is 26.2 Å². The van der Waals surface area contributed by atoms with E-state index in [0.717, 1.165) is 37.2 Å². The molecular formula is C10H16ClN3O. The molecule has 0 saturated heterocycles. The van der Waals surface area contributed by atoms with Crippen LogP contribution in [0.1, 0.15) is 24.8 Å². The number of unbranched alkanes of at least 4 members (excludes halogenated alkanes) is 2. The first kappa shape index (κ1) is 12.2. The topological polar surface area (TPSA) is 58.0 Å². The third kappa shape index (κ3) is 4.01. The number of hydrogen-bond acceptors (Lipinski definition) is 4. The Bertz CT molecular complexity index is 307. The minimum Gasteiger partial charge on any atom is -0.396 e. The molecule has 5 heteroatoms. The van der Waals surface area contributed by atoms with Crippen LogP contribution in [-0.2, 0) is 0 Å². The maximum absolute atomic E-state index is 8.60. The number of nitrogens with zero attached hydrogens (tertiary/aromatic N) is 2. The van der Waals surface area contributed by atoms with Crippen molar-refractivity contribution in [3.63, 3.8) is 0 Å². The quantitative estimate of drug-likeness (QED) is 0.579. The van der Waals surface area contributed by atoms with E-state index in [1.54, 1.807) is 0 Å². The van der Waals surface area contributed by atoms with Crippen LogP contribution in [0.4, 0.5) is 5.82 Å². The van der Waals surface area contributed by atoms with E-state index in [0.29, 0.717) is 5.15 Å². The second kappa shape index (κ2) is 6.58. The van der Waals surface area contributed by atoms with Crippen LogP contribution < -0.4 is 5.32 Å². The Morgan fingerprint density at radius 1 is 1.33 bits per heavy atom. The highest BCUT2D eigenvalue weighted by molar-refractivity contribution is 6.30. The number of aliphatic hydroxyl groups excluding tert-OH is 1. The maximum Gasteiger partial charge on any atom is 0.137 e. The van der Waals surface area contributed by atoms with Crippen LogP contribution in [-0.4, -0.2) is 28.2 Å². The van der Waals surface area contributed by atoms with Gasteiger partial charge in [0, 0.05) is 18.7 Å². The lowest BCUT2D eigenvalue weighted by Gasteiger charge is -2.08. The van der Waals surface area contributed by atoms with Gasteiger partial charge in [0.2, 0.25) is 0 Å². The lowest BCUT2D eigenvalue weighted by atomic mass is 10.2. The summed E-state index contributed by atoms with van der Waals surface area (Å²) in [6.45, 7) is 2.99. The first-order valence-corrected chi connectivity index (χ1v) is 5.45. The molecule has 0 radical (unpaired) electrons. The summed E-state index contributed by atoms with van der Waals surface area (Å²) in [5.41, 5.74) is 0.876. The van der Waals surface area contributed by atoms with Crippen LogP contribution in [0.25, 0.3) is 0 Å². The van der Waals surface area contributed by atoms with E-state index in [9.17, 15) is 0 Å². The Kier molecular flexibility index (Phi) is 5.36. The average molecular weight is 230 g/mol. The van der Waals surface area contributed by atoms with Gasteiger partial charge in [-0.25, -0.2) is 9.97 Å². The molecule has 0 amide bonds. The second-order valence-electron chi connectivity index (χ2n) is 3.35. The monoisotopic (exact) mass is 229 g/mol. The molecule has 0 aliphatic carbocycles. The summed E-state index contributed by atoms with van der Waals surface area (Å²) >= 11 is 5.85. The molecule has 84 valence electrons. The van der Waals surface area contributed by atoms with Crippen molar-refractivity contribution in [2.24, 2.45) is 0 Å². The van der Waals surface area contributed by atoms with E-state index >= 15 is 0 Å². The van der Waals surface area contributed by atoms with Crippen LogP contribution in [0.3, 0.4) is 0 Å². The van der Waals surface area contributed by atoms with Gasteiger partial charge >= 0.3 is 0 Å². The minimum atomic E-state index is 0.262. The van der Waals surface area contributed by atoms with Crippen molar-refractivity contribution in [3.05, 3.63) is 17.0 Å². The van der Waals surface area contributed by atoms with Crippen molar-refractivity contribution in [2.45, 2.75) is 26.2 Å². The Morgan fingerprint density at radius 3 is 2.87 bits per heavy atom. The van der Waals surface area contributed by atoms with Gasteiger partial charge in [0.25, 0.3) is 0 Å². The zero-order valence-electron chi connectivity index (χ0n) is 8.83. The van der Waals surface area contributed by atoms with Crippen LogP contribution in [0.5, 0.6) is 0 Å². The molecule has 0 bridgehead atoms. The molecule has 4 nitrogen and oxygen atoms in total. The number of aromatic nitrogens is 2. The molecule has 0 spiro atoms. The smallest absolute Gasteiger partial charge is 0.137 e. The second-order valence-corrected chi connectivity index (χ2v) is 3.71. The Labute approximate surface area is 94.7 Å². The van der Waals surface area contributed by atoms with Gasteiger partial charge < -0.3 is 10.4 Å². The number of nitrogens with one attached hydrogen (secondary N) is 1. The normalized spacial score (nSPS) is 10.3. The summed E-state index contributed by atoms with van der Waals surface area (Å²) in [6.07, 6.45) is 4.33. The van der Waals surface area contributed by atoms with E-state index < -0.39 is 0 Å². The van der Waals surface area contributed by atoms with Crippen LogP contribution in [0, 0.1) is 6.92 Å². The van der Waals surface area contributed by atoms with Gasteiger partial charge in [-0.1, -0.05) is 11.6 Å². The minimum absolute atomic E-state index is 0.262. The third-order valence-electron chi connectivity index (χ3n) is 2.15. The largest absolute Gasteiger partial charge is 0.396 e. The van der Waals surface area contributed by atoms with Gasteiger partial charge in [0.1, 0.15) is 17.3 Å². The fourth-order valence-corrected chi connectivity index (χ4v) is 1.36. The third-order valence-corrected chi connectivity index (χ3v) is 2.53. The zero-order valence-corrected chi connectivity index (χ0v) is 9.59. The summed E-state index contributed by atoms with van der Waals surface area (Å²) in [5, 5.41) is 12.3. The van der Waals surface area contributed by atoms with Crippen LogP contribution >= 0.6 is 11.6 Å². The molecular weight excluding hydrogens is 214 g/mol. The average Bonchev–Trinajstić information content (AvgIpc) is 2.24. The van der Waals surface area contributed by atoms with Crippen molar-refractivity contribution >= 4 is 17.4 Å². The van der Waals surface area contributed by atoms with E-state index in [4.69, 9.17) is 16.7 Å². The lowest BCUT2D eigenvalue weighted by Crippen LogP contribution is -2.06. The van der Waals surface area contributed by atoms with E-state index in [2.05, 4.69) is 15.3 Å². The first-order chi connectivity index (χ1) is 7.25. The molecule has 15 heavy (non-hydrogen) atoms. The molecule has 0 atom stereocenters. The molecule has 0 aliphatic rings. The van der Waals surface area contributed by atoms with Crippen LogP contribution in [0.15, 0.2) is 6.33 Å². The molecule has 2 N–H and O–H groups in total. The van der Waals surface area contributed by atoms with Crippen molar-refractivity contribution in [1.29, 1.82) is 0 Å². The van der Waals surface area contributed by atoms with Gasteiger partial charge in [0.05, 0.1) is 0 Å². The zero-order chi connectivity index (χ0) is 11.1. The maximum atomic E-state index is 8.60. The molecule has 0 saturated carbocycles. The first-order valence-electron chi connectivity index (χ1n) is 5.07. The summed E-state index contributed by atoms with van der Waals surface area (Å²) < 4.78 is 0. The molecule has 1 heterocycles. The highest BCUT2D eigenvalue weighted by atomic mass is 35.5. The Balaban J connectivity index is 2.34. The summed E-state index contributed by atoms with van der Waals surface area (Å²) in [5.74, 6) is 0.791. The van der Waals surface area contributed by atoms with Crippen molar-refractivity contribution in [3.8, 4) is 0 Å². The predicted molar refractivity (Wildman–Crippen MR) is 61.2 cm³/mol. The number of hydrogen-bond donors (Lipinski definition) is 2. The Hall–Kier alpha value is -0.870. The van der Waals surface area contributed by atoms with Gasteiger partial charge in [-0.15, -0.1) is 0 Å². The number of rotatable bonds is 6. The molecule has 0 aromatic carbocycles. The van der Waals surface area contributed by atoms with Crippen molar-refractivity contribution < 1.29 is 5.11 Å². The lowest BCUT2D eigenvalue weighted by molar-refractivity contribution is 0.283. The van der Waals surface area contributed by atoms with E-state index in [-0.39, 0.29) is 6.61 Å². The fraction of sp³-hybridized carbons (Fsp3) is 0.600. The van der Waals surface area contributed by atoms with Crippen LogP contribution in [0.2, 0.25) is 5.15 Å². The van der Waals surface area contributed by atoms with Gasteiger partial charge in [0.15, 0.2) is 0 Å². The van der Waals surface area contributed by atoms with Gasteiger partial charge in [-0.3, -0.25) is 0 Å². The number of aliphatic hydroxyl groups is 1. The molecule has 0 aliphatic heterocycles. The molecule has 1 aromatic rings. The van der Waals surface area contributed by atoms with E-state index in [1.165, 1.54) is 6.33 Å². The summed E-state index contributed by atoms with van der Waals surface area (Å²) in [6, 6.07) is 0. The number of halogens is 1. The molecule has 1 aromatic heterocycles. The van der Waals surface area contributed by atoms with Crippen molar-refractivity contribution in [2.75, 3.05) is 18.5 Å². The highest BCUT2D eigenvalue weighted by Crippen LogP contribution is 2.17. The van der Waals surface area contributed by atoms with Crippen molar-refractivity contribution in [1.82, 2.24) is 9.97 Å².